The monoisotopic (exact) mass is 426 g/mol. The summed E-state index contributed by atoms with van der Waals surface area (Å²) < 4.78 is 34.0. The number of hydrogen-bond donors (Lipinski definition) is 0. The van der Waals surface area contributed by atoms with Gasteiger partial charge in [-0.15, -0.1) is 0 Å². The van der Waals surface area contributed by atoms with Gasteiger partial charge < -0.3 is 14.2 Å². The summed E-state index contributed by atoms with van der Waals surface area (Å²) in [5.74, 6) is -0.728. The third-order valence-corrected chi connectivity index (χ3v) is 7.49. The quantitative estimate of drug-likeness (QED) is 0.632. The zero-order valence-electron chi connectivity index (χ0n) is 17.1. The van der Waals surface area contributed by atoms with E-state index in [2.05, 4.69) is 4.98 Å². The van der Waals surface area contributed by atoms with E-state index in [4.69, 9.17) is 4.74 Å². The van der Waals surface area contributed by atoms with Crippen molar-refractivity contribution >= 4 is 21.9 Å². The molecule has 0 aromatic carbocycles. The number of carbonyl (C=O) groups is 2. The Bertz CT molecular complexity index is 829. The third kappa shape index (κ3) is 4.80. The van der Waals surface area contributed by atoms with Gasteiger partial charge in [0.15, 0.2) is 5.03 Å². The highest BCUT2D eigenvalue weighted by molar-refractivity contribution is 7.89. The largest absolute Gasteiger partial charge is 0.466 e. The molecule has 0 spiro atoms. The average Bonchev–Trinajstić information content (AvgIpc) is 3.24. The molecule has 0 N–H and O–H groups in total. The van der Waals surface area contributed by atoms with Gasteiger partial charge >= 0.3 is 5.97 Å². The summed E-state index contributed by atoms with van der Waals surface area (Å²) in [6, 6.07) is 0. The van der Waals surface area contributed by atoms with Crippen molar-refractivity contribution in [3.8, 4) is 0 Å². The lowest BCUT2D eigenvalue weighted by Crippen LogP contribution is -2.49. The molecule has 1 aromatic heterocycles. The first-order chi connectivity index (χ1) is 13.9. The van der Waals surface area contributed by atoms with Crippen LogP contribution in [0.2, 0.25) is 0 Å². The second-order valence-electron chi connectivity index (χ2n) is 7.60. The minimum absolute atomic E-state index is 0.0219. The fraction of sp³-hybridized carbons (Fsp3) is 0.737. The zero-order valence-corrected chi connectivity index (χ0v) is 17.9. The van der Waals surface area contributed by atoms with Gasteiger partial charge in [0.2, 0.25) is 5.91 Å². The van der Waals surface area contributed by atoms with Crippen molar-refractivity contribution in [3.05, 3.63) is 12.5 Å². The molecular weight excluding hydrogens is 396 g/mol. The lowest BCUT2D eigenvalue weighted by atomic mass is 9.93. The average molecular weight is 427 g/mol. The maximum Gasteiger partial charge on any atom is 0.309 e. The Morgan fingerprint density at radius 1 is 1.14 bits per heavy atom. The summed E-state index contributed by atoms with van der Waals surface area (Å²) in [6.45, 7) is 6.30. The number of rotatable bonds is 6. The fourth-order valence-electron chi connectivity index (χ4n) is 3.99. The molecule has 2 aliphatic heterocycles. The van der Waals surface area contributed by atoms with Gasteiger partial charge in [0, 0.05) is 38.9 Å². The summed E-state index contributed by atoms with van der Waals surface area (Å²) in [4.78, 5) is 30.7. The number of aryl methyl sites for hydroxylation is 1. The van der Waals surface area contributed by atoms with Crippen LogP contribution in [0.4, 0.5) is 0 Å². The van der Waals surface area contributed by atoms with Crippen LogP contribution in [0, 0.1) is 11.8 Å². The van der Waals surface area contributed by atoms with Gasteiger partial charge in [-0.1, -0.05) is 0 Å². The normalized spacial score (nSPS) is 21.9. The summed E-state index contributed by atoms with van der Waals surface area (Å²) >= 11 is 0. The van der Waals surface area contributed by atoms with Crippen LogP contribution >= 0.6 is 0 Å². The molecule has 1 atom stereocenters. The molecule has 9 nitrogen and oxygen atoms in total. The van der Waals surface area contributed by atoms with Gasteiger partial charge in [0.05, 0.1) is 24.8 Å². The van der Waals surface area contributed by atoms with E-state index in [0.29, 0.717) is 58.5 Å². The Hall–Kier alpha value is -1.94. The summed E-state index contributed by atoms with van der Waals surface area (Å²) in [5.41, 5.74) is 0. The molecule has 1 aromatic rings. The van der Waals surface area contributed by atoms with E-state index in [0.717, 1.165) is 0 Å². The molecular formula is C19H30N4O5S. The van der Waals surface area contributed by atoms with Gasteiger partial charge in [-0.05, 0) is 39.5 Å². The molecule has 2 fully saturated rings. The first-order valence-corrected chi connectivity index (χ1v) is 11.8. The maximum absolute atomic E-state index is 13.0. The van der Waals surface area contributed by atoms with Crippen molar-refractivity contribution in [3.63, 3.8) is 0 Å². The first-order valence-electron chi connectivity index (χ1n) is 10.3. The molecule has 29 heavy (non-hydrogen) atoms. The van der Waals surface area contributed by atoms with Crippen molar-refractivity contribution in [2.75, 3.05) is 32.8 Å². The van der Waals surface area contributed by atoms with E-state index >= 15 is 0 Å². The maximum atomic E-state index is 13.0. The minimum atomic E-state index is -3.71. The van der Waals surface area contributed by atoms with Crippen molar-refractivity contribution in [2.45, 2.75) is 51.1 Å². The highest BCUT2D eigenvalue weighted by Gasteiger charge is 2.37. The topological polar surface area (TPSA) is 102 Å². The molecule has 0 bridgehead atoms. The smallest absolute Gasteiger partial charge is 0.309 e. The van der Waals surface area contributed by atoms with Crippen LogP contribution in [0.3, 0.4) is 0 Å². The van der Waals surface area contributed by atoms with Crippen molar-refractivity contribution in [1.82, 2.24) is 18.8 Å². The number of sulfonamides is 1. The number of esters is 1. The summed E-state index contributed by atoms with van der Waals surface area (Å²) in [6.07, 6.45) is 5.53. The SMILES string of the molecule is CCOC(=O)C1CCN(C(=O)[C@@H]2CCCN(S(=O)(=O)c3cn(CC)cn3)C2)CC1. The third-order valence-electron chi connectivity index (χ3n) is 5.74. The van der Waals surface area contributed by atoms with Gasteiger partial charge in [-0.2, -0.15) is 4.31 Å². The van der Waals surface area contributed by atoms with Crippen molar-refractivity contribution < 1.29 is 22.7 Å². The molecule has 2 saturated heterocycles. The van der Waals surface area contributed by atoms with E-state index in [9.17, 15) is 18.0 Å². The van der Waals surface area contributed by atoms with Crippen molar-refractivity contribution in [1.29, 1.82) is 0 Å². The van der Waals surface area contributed by atoms with E-state index in [1.807, 2.05) is 6.92 Å². The lowest BCUT2D eigenvalue weighted by molar-refractivity contribution is -0.152. The van der Waals surface area contributed by atoms with Crippen LogP contribution in [0.5, 0.6) is 0 Å². The highest BCUT2D eigenvalue weighted by Crippen LogP contribution is 2.26. The second kappa shape index (κ2) is 9.25. The second-order valence-corrected chi connectivity index (χ2v) is 9.48. The van der Waals surface area contributed by atoms with Gasteiger partial charge in [-0.25, -0.2) is 13.4 Å². The molecule has 10 heteroatoms. The lowest BCUT2D eigenvalue weighted by Gasteiger charge is -2.36. The van der Waals surface area contributed by atoms with Gasteiger partial charge in [-0.3, -0.25) is 9.59 Å². The predicted octanol–water partition coefficient (Wildman–Crippen LogP) is 1.11. The molecule has 0 aliphatic carbocycles. The number of aromatic nitrogens is 2. The van der Waals surface area contributed by atoms with Crippen LogP contribution in [0.25, 0.3) is 0 Å². The van der Waals surface area contributed by atoms with Gasteiger partial charge in [0.1, 0.15) is 0 Å². The molecule has 0 radical (unpaired) electrons. The van der Waals surface area contributed by atoms with Crippen LogP contribution < -0.4 is 0 Å². The standard InChI is InChI=1S/C19H30N4O5S/c1-3-21-13-17(20-14-21)29(26,27)23-9-5-6-16(12-23)18(24)22-10-7-15(8-11-22)19(25)28-4-2/h13-16H,3-12H2,1-2H3/t16-/m1/s1. The Morgan fingerprint density at radius 2 is 1.86 bits per heavy atom. The number of carbonyl (C=O) groups excluding carboxylic acids is 2. The minimum Gasteiger partial charge on any atom is -0.466 e. The van der Waals surface area contributed by atoms with E-state index < -0.39 is 10.0 Å². The predicted molar refractivity (Wildman–Crippen MR) is 105 cm³/mol. The molecule has 3 rings (SSSR count). The summed E-state index contributed by atoms with van der Waals surface area (Å²) in [5, 5.41) is 0.0303. The Balaban J connectivity index is 1.60. The Labute approximate surface area is 172 Å². The van der Waals surface area contributed by atoms with E-state index in [1.165, 1.54) is 16.8 Å². The molecule has 162 valence electrons. The Kier molecular flexibility index (Phi) is 6.94. The van der Waals surface area contributed by atoms with Gasteiger partial charge in [0.25, 0.3) is 10.0 Å². The summed E-state index contributed by atoms with van der Waals surface area (Å²) in [7, 11) is -3.71. The number of hydrogen-bond acceptors (Lipinski definition) is 6. The molecule has 1 amide bonds. The number of nitrogens with zero attached hydrogens (tertiary/aromatic N) is 4. The number of likely N-dealkylation sites (tertiary alicyclic amines) is 1. The number of imidazole rings is 1. The van der Waals surface area contributed by atoms with E-state index in [-0.39, 0.29) is 35.3 Å². The van der Waals surface area contributed by atoms with Crippen LogP contribution in [-0.4, -0.2) is 71.8 Å². The van der Waals surface area contributed by atoms with Crippen molar-refractivity contribution in [2.24, 2.45) is 11.8 Å². The first kappa shape index (κ1) is 21.8. The zero-order chi connectivity index (χ0) is 21.0. The molecule has 2 aliphatic rings. The molecule has 0 unspecified atom stereocenters. The highest BCUT2D eigenvalue weighted by atomic mass is 32.2. The number of piperidine rings is 2. The van der Waals surface area contributed by atoms with Crippen LogP contribution in [-0.2, 0) is 30.9 Å². The Morgan fingerprint density at radius 3 is 2.48 bits per heavy atom. The van der Waals surface area contributed by atoms with Crippen LogP contribution in [0.15, 0.2) is 17.6 Å². The molecule has 0 saturated carbocycles. The number of amides is 1. The molecule has 3 heterocycles. The van der Waals surface area contributed by atoms with E-state index in [1.54, 1.807) is 16.4 Å². The number of ether oxygens (including phenoxy) is 1. The van der Waals surface area contributed by atoms with Crippen LogP contribution in [0.1, 0.15) is 39.5 Å². The fourth-order valence-corrected chi connectivity index (χ4v) is 5.45.